The maximum Gasteiger partial charge on any atom is 0.310 e. The number of nitriles is 1. The third kappa shape index (κ3) is 3.26. The molecule has 7 heteroatoms. The molecule has 0 fully saturated rings. The highest BCUT2D eigenvalue weighted by Gasteiger charge is 2.23. The van der Waals surface area contributed by atoms with Crippen LogP contribution in [0.3, 0.4) is 0 Å². The molecular weight excluding hydrogens is 252 g/mol. The van der Waals surface area contributed by atoms with Crippen molar-refractivity contribution in [2.24, 2.45) is 0 Å². The van der Waals surface area contributed by atoms with Gasteiger partial charge in [0.15, 0.2) is 0 Å². The summed E-state index contributed by atoms with van der Waals surface area (Å²) in [6.07, 6.45) is -0.352. The van der Waals surface area contributed by atoms with E-state index in [2.05, 4.69) is 0 Å². The van der Waals surface area contributed by atoms with Crippen molar-refractivity contribution in [2.45, 2.75) is 20.0 Å². The van der Waals surface area contributed by atoms with Crippen LogP contribution in [0.1, 0.15) is 23.6 Å². The molecular formula is C12H12N2O5. The molecule has 0 radical (unpaired) electrons. The van der Waals surface area contributed by atoms with Crippen molar-refractivity contribution < 1.29 is 19.6 Å². The average molecular weight is 264 g/mol. The number of hydrogen-bond acceptors (Lipinski definition) is 6. The standard InChI is InChI=1S/C12H12N2O5/c1-2-19-12(16)5-9-10(7-15)8(6-13)3-4-11(9)14(17)18/h3-4,15H,2,5,7H2,1H3. The van der Waals surface area contributed by atoms with Gasteiger partial charge in [0.2, 0.25) is 0 Å². The zero-order valence-corrected chi connectivity index (χ0v) is 10.3. The summed E-state index contributed by atoms with van der Waals surface area (Å²) in [5.41, 5.74) is -0.0988. The van der Waals surface area contributed by atoms with Crippen LogP contribution in [0.4, 0.5) is 5.69 Å². The van der Waals surface area contributed by atoms with Crippen LogP contribution in [0.2, 0.25) is 0 Å². The molecule has 0 bridgehead atoms. The van der Waals surface area contributed by atoms with Gasteiger partial charge in [0.25, 0.3) is 5.69 Å². The highest BCUT2D eigenvalue weighted by molar-refractivity contribution is 5.75. The number of carbonyl (C=O) groups excluding carboxylic acids is 1. The van der Waals surface area contributed by atoms with Crippen LogP contribution < -0.4 is 0 Å². The van der Waals surface area contributed by atoms with E-state index >= 15 is 0 Å². The summed E-state index contributed by atoms with van der Waals surface area (Å²) in [5.74, 6) is -0.643. The number of nitro benzene ring substituents is 1. The van der Waals surface area contributed by atoms with Gasteiger partial charge in [-0.2, -0.15) is 5.26 Å². The zero-order valence-electron chi connectivity index (χ0n) is 10.3. The van der Waals surface area contributed by atoms with Gasteiger partial charge < -0.3 is 9.84 Å². The van der Waals surface area contributed by atoms with E-state index in [9.17, 15) is 20.0 Å². The van der Waals surface area contributed by atoms with Gasteiger partial charge >= 0.3 is 5.97 Å². The molecule has 0 unspecified atom stereocenters. The van der Waals surface area contributed by atoms with Crippen LogP contribution >= 0.6 is 0 Å². The summed E-state index contributed by atoms with van der Waals surface area (Å²) in [6, 6.07) is 4.22. The molecule has 1 aromatic rings. The minimum atomic E-state index is -0.658. The molecule has 0 heterocycles. The third-order valence-electron chi connectivity index (χ3n) is 2.51. The third-order valence-corrected chi connectivity index (χ3v) is 2.51. The van der Waals surface area contributed by atoms with Gasteiger partial charge in [-0.1, -0.05) is 0 Å². The fourth-order valence-corrected chi connectivity index (χ4v) is 1.69. The van der Waals surface area contributed by atoms with Crippen molar-refractivity contribution in [3.63, 3.8) is 0 Å². The largest absolute Gasteiger partial charge is 0.466 e. The van der Waals surface area contributed by atoms with E-state index < -0.39 is 17.5 Å². The number of aliphatic hydroxyl groups excluding tert-OH is 1. The van der Waals surface area contributed by atoms with Crippen molar-refractivity contribution in [1.29, 1.82) is 5.26 Å². The number of aliphatic hydroxyl groups is 1. The average Bonchev–Trinajstić information content (AvgIpc) is 2.37. The molecule has 19 heavy (non-hydrogen) atoms. The summed E-state index contributed by atoms with van der Waals surface area (Å²) < 4.78 is 4.73. The minimum Gasteiger partial charge on any atom is -0.466 e. The molecule has 0 spiro atoms. The topological polar surface area (TPSA) is 113 Å². The molecule has 7 nitrogen and oxygen atoms in total. The van der Waals surface area contributed by atoms with Crippen molar-refractivity contribution in [3.8, 4) is 6.07 Å². The number of benzene rings is 1. The molecule has 0 aliphatic rings. The number of nitro groups is 1. The first kappa shape index (κ1) is 14.6. The summed E-state index contributed by atoms with van der Waals surface area (Å²) >= 11 is 0. The van der Waals surface area contributed by atoms with E-state index in [1.165, 1.54) is 6.07 Å². The maximum absolute atomic E-state index is 11.4. The lowest BCUT2D eigenvalue weighted by atomic mass is 9.98. The Labute approximate surface area is 109 Å². The van der Waals surface area contributed by atoms with Gasteiger partial charge in [-0.25, -0.2) is 0 Å². The Hall–Kier alpha value is -2.46. The molecule has 1 aromatic carbocycles. The van der Waals surface area contributed by atoms with E-state index in [4.69, 9.17) is 10.00 Å². The van der Waals surface area contributed by atoms with Crippen LogP contribution in [0.15, 0.2) is 12.1 Å². The van der Waals surface area contributed by atoms with Crippen molar-refractivity contribution in [2.75, 3.05) is 6.61 Å². The van der Waals surface area contributed by atoms with E-state index in [0.717, 1.165) is 6.07 Å². The summed E-state index contributed by atoms with van der Waals surface area (Å²) in [6.45, 7) is 1.21. The van der Waals surface area contributed by atoms with Crippen LogP contribution in [-0.4, -0.2) is 22.6 Å². The zero-order chi connectivity index (χ0) is 14.4. The van der Waals surface area contributed by atoms with Crippen molar-refractivity contribution in [1.82, 2.24) is 0 Å². The van der Waals surface area contributed by atoms with Gasteiger partial charge in [0.1, 0.15) is 0 Å². The molecule has 0 saturated carbocycles. The first-order valence-corrected chi connectivity index (χ1v) is 5.50. The Balaban J connectivity index is 3.34. The highest BCUT2D eigenvalue weighted by atomic mass is 16.6. The van der Waals surface area contributed by atoms with Crippen LogP contribution in [0.5, 0.6) is 0 Å². The van der Waals surface area contributed by atoms with E-state index in [1.54, 1.807) is 6.92 Å². The number of carbonyl (C=O) groups is 1. The lowest BCUT2D eigenvalue weighted by molar-refractivity contribution is -0.385. The Morgan fingerprint density at radius 1 is 1.53 bits per heavy atom. The monoisotopic (exact) mass is 264 g/mol. The van der Waals surface area contributed by atoms with E-state index in [1.807, 2.05) is 6.07 Å². The minimum absolute atomic E-state index is 0.0185. The fraction of sp³-hybridized carbons (Fsp3) is 0.333. The molecule has 0 aliphatic carbocycles. The number of esters is 1. The number of ether oxygens (including phenoxy) is 1. The second kappa shape index (κ2) is 6.47. The Kier molecular flexibility index (Phi) is 4.97. The van der Waals surface area contributed by atoms with Crippen molar-refractivity contribution >= 4 is 11.7 Å². The first-order valence-electron chi connectivity index (χ1n) is 5.50. The molecule has 1 rings (SSSR count). The summed E-state index contributed by atoms with van der Waals surface area (Å²) in [7, 11) is 0. The lowest BCUT2D eigenvalue weighted by Gasteiger charge is -2.09. The van der Waals surface area contributed by atoms with E-state index in [-0.39, 0.29) is 35.4 Å². The van der Waals surface area contributed by atoms with Gasteiger partial charge in [0.05, 0.1) is 36.2 Å². The Morgan fingerprint density at radius 2 is 2.21 bits per heavy atom. The normalized spacial score (nSPS) is 9.74. The lowest BCUT2D eigenvalue weighted by Crippen LogP contribution is -2.12. The molecule has 0 amide bonds. The van der Waals surface area contributed by atoms with Crippen LogP contribution in [0, 0.1) is 21.4 Å². The SMILES string of the molecule is CCOC(=O)Cc1c([N+](=O)[O-])ccc(C#N)c1CO. The van der Waals surface area contributed by atoms with Gasteiger partial charge in [-0.05, 0) is 13.0 Å². The number of hydrogen-bond donors (Lipinski definition) is 1. The summed E-state index contributed by atoms with van der Waals surface area (Å²) in [5, 5.41) is 29.1. The molecule has 0 aromatic heterocycles. The summed E-state index contributed by atoms with van der Waals surface area (Å²) in [4.78, 5) is 21.7. The predicted octanol–water partition coefficient (Wildman–Crippen LogP) is 1.06. The molecule has 100 valence electrons. The Bertz CT molecular complexity index is 548. The molecule has 1 N–H and O–H groups in total. The molecule has 0 aliphatic heterocycles. The van der Waals surface area contributed by atoms with Gasteiger partial charge in [0, 0.05) is 17.2 Å². The number of rotatable bonds is 5. The predicted molar refractivity (Wildman–Crippen MR) is 64.1 cm³/mol. The second-order valence-corrected chi connectivity index (χ2v) is 3.60. The number of nitrogens with zero attached hydrogens (tertiary/aromatic N) is 2. The highest BCUT2D eigenvalue weighted by Crippen LogP contribution is 2.26. The fourth-order valence-electron chi connectivity index (χ4n) is 1.69. The van der Waals surface area contributed by atoms with Crippen LogP contribution in [0.25, 0.3) is 0 Å². The van der Waals surface area contributed by atoms with Gasteiger partial charge in [-0.3, -0.25) is 14.9 Å². The first-order chi connectivity index (χ1) is 9.04. The smallest absolute Gasteiger partial charge is 0.310 e. The second-order valence-electron chi connectivity index (χ2n) is 3.60. The van der Waals surface area contributed by atoms with Gasteiger partial charge in [-0.15, -0.1) is 0 Å². The van der Waals surface area contributed by atoms with Crippen LogP contribution in [-0.2, 0) is 22.6 Å². The van der Waals surface area contributed by atoms with E-state index in [0.29, 0.717) is 0 Å². The molecule has 0 saturated heterocycles. The molecule has 0 atom stereocenters. The Morgan fingerprint density at radius 3 is 2.68 bits per heavy atom. The van der Waals surface area contributed by atoms with Crippen molar-refractivity contribution in [3.05, 3.63) is 38.9 Å². The quantitative estimate of drug-likeness (QED) is 0.483. The maximum atomic E-state index is 11.4.